The molecule has 5 rings (SSSR count). The first-order valence-electron chi connectivity index (χ1n) is 17.3. The molecule has 1 aliphatic carbocycles. The summed E-state index contributed by atoms with van der Waals surface area (Å²) in [5.41, 5.74) is 2.17. The minimum absolute atomic E-state index is 0.00684. The van der Waals surface area contributed by atoms with Gasteiger partial charge in [-0.3, -0.25) is 14.6 Å². The Labute approximate surface area is 274 Å². The molecule has 0 bridgehead atoms. The largest absolute Gasteiger partial charge is 0.394 e. The predicted octanol–water partition coefficient (Wildman–Crippen LogP) is 4.58. The first-order chi connectivity index (χ1) is 22.0. The van der Waals surface area contributed by atoms with Gasteiger partial charge < -0.3 is 20.1 Å². The van der Waals surface area contributed by atoms with Crippen LogP contribution in [-0.2, 0) is 19.6 Å². The molecule has 0 atom stereocenters. The fourth-order valence-electron chi connectivity index (χ4n) is 7.63. The van der Waals surface area contributed by atoms with E-state index in [0.29, 0.717) is 44.0 Å². The monoisotopic (exact) mass is 656 g/mol. The number of sulfonamides is 1. The van der Waals surface area contributed by atoms with E-state index in [1.807, 2.05) is 30.9 Å². The Morgan fingerprint density at radius 2 is 1.72 bits per heavy atom. The number of carbonyl (C=O) groups is 2. The van der Waals surface area contributed by atoms with Crippen molar-refractivity contribution >= 4 is 33.7 Å². The predicted molar refractivity (Wildman–Crippen MR) is 180 cm³/mol. The molecular weight excluding hydrogens is 604 g/mol. The van der Waals surface area contributed by atoms with Gasteiger partial charge in [-0.15, -0.1) is 0 Å². The van der Waals surface area contributed by atoms with E-state index in [4.69, 9.17) is 14.8 Å². The van der Waals surface area contributed by atoms with Crippen LogP contribution in [0.3, 0.4) is 0 Å². The fraction of sp³-hybridized carbons (Fsp3) is 0.686. The standard InChI is InChI=1S/C35H52N4O6S/c1-4-5-6-27-7-9-28(10-8-27)32-36-34(42)35(37-32)14-18-39(19-15-35)46(43,44)22-13-31-25(2)23-29(24-26(31)3)33(41)38-16-11-30(12-17-38)45-21-20-40/h13,22-24,27-28,30,40H,4-12,14-21H2,1-3H3,(H,36,37,42)/b22-13+. The Morgan fingerprint density at radius 1 is 1.07 bits per heavy atom. The number of hydrogen-bond donors (Lipinski definition) is 2. The Morgan fingerprint density at radius 3 is 2.33 bits per heavy atom. The highest BCUT2D eigenvalue weighted by molar-refractivity contribution is 7.92. The van der Waals surface area contributed by atoms with E-state index in [0.717, 1.165) is 54.1 Å². The summed E-state index contributed by atoms with van der Waals surface area (Å²) in [7, 11) is -3.71. The van der Waals surface area contributed by atoms with Crippen molar-refractivity contribution in [2.45, 2.75) is 103 Å². The molecule has 3 fully saturated rings. The van der Waals surface area contributed by atoms with Gasteiger partial charge >= 0.3 is 0 Å². The molecule has 3 heterocycles. The Bertz CT molecular complexity index is 1390. The number of piperidine rings is 2. The molecule has 4 aliphatic rings. The number of amidine groups is 1. The highest BCUT2D eigenvalue weighted by atomic mass is 32.2. The number of carbonyl (C=O) groups excluding carboxylic acids is 2. The van der Waals surface area contributed by atoms with E-state index < -0.39 is 15.6 Å². The molecule has 3 aliphatic heterocycles. The topological polar surface area (TPSA) is 129 Å². The molecule has 11 heteroatoms. The van der Waals surface area contributed by atoms with Gasteiger partial charge in [-0.2, -0.15) is 4.31 Å². The lowest BCUT2D eigenvalue weighted by Crippen LogP contribution is -2.50. The quantitative estimate of drug-likeness (QED) is 0.359. The van der Waals surface area contributed by atoms with Gasteiger partial charge in [-0.1, -0.05) is 26.2 Å². The number of rotatable bonds is 11. The van der Waals surface area contributed by atoms with Crippen LogP contribution in [0.25, 0.3) is 6.08 Å². The SMILES string of the molecule is CCCCC1CCC(C2=NC3(CCN(S(=O)(=O)/C=C/c4c(C)cc(C(=O)N5CCC(OCCO)CC5)cc4C)CC3)C(=O)N2)CC1. The zero-order valence-corrected chi connectivity index (χ0v) is 28.6. The highest BCUT2D eigenvalue weighted by Gasteiger charge is 2.48. The smallest absolute Gasteiger partial charge is 0.253 e. The summed E-state index contributed by atoms with van der Waals surface area (Å²) in [6, 6.07) is 3.65. The van der Waals surface area contributed by atoms with Crippen LogP contribution < -0.4 is 5.32 Å². The molecule has 1 aromatic rings. The number of aliphatic hydroxyl groups is 1. The van der Waals surface area contributed by atoms with Crippen LogP contribution in [0.2, 0.25) is 0 Å². The normalized spacial score (nSPS) is 24.5. The number of amides is 2. The van der Waals surface area contributed by atoms with Crippen LogP contribution in [0, 0.1) is 25.7 Å². The summed E-state index contributed by atoms with van der Waals surface area (Å²) in [4.78, 5) is 33.1. The molecule has 10 nitrogen and oxygen atoms in total. The molecule has 1 aromatic carbocycles. The van der Waals surface area contributed by atoms with Crippen LogP contribution >= 0.6 is 0 Å². The molecule has 2 saturated heterocycles. The maximum absolute atomic E-state index is 13.4. The summed E-state index contributed by atoms with van der Waals surface area (Å²) in [6.07, 6.45) is 12.2. The molecule has 0 radical (unpaired) electrons. The number of unbranched alkanes of at least 4 members (excludes halogenated alkanes) is 1. The molecule has 0 unspecified atom stereocenters. The van der Waals surface area contributed by atoms with Crippen molar-refractivity contribution in [3.8, 4) is 0 Å². The third-order valence-corrected chi connectivity index (χ3v) is 12.1. The second-order valence-electron chi connectivity index (χ2n) is 13.7. The number of hydrogen-bond acceptors (Lipinski definition) is 7. The third-order valence-electron chi connectivity index (χ3n) is 10.5. The van der Waals surface area contributed by atoms with Gasteiger partial charge in [0.05, 0.1) is 19.3 Å². The molecule has 1 spiro atoms. The minimum atomic E-state index is -3.71. The number of aliphatic imine (C=N–C) groups is 1. The van der Waals surface area contributed by atoms with Gasteiger partial charge in [0, 0.05) is 43.1 Å². The van der Waals surface area contributed by atoms with Crippen molar-refractivity contribution in [2.24, 2.45) is 16.8 Å². The number of nitrogens with one attached hydrogen (secondary N) is 1. The van der Waals surface area contributed by atoms with E-state index >= 15 is 0 Å². The van der Waals surface area contributed by atoms with Crippen LogP contribution in [-0.4, -0.2) is 91.4 Å². The van der Waals surface area contributed by atoms with Crippen molar-refractivity contribution in [3.63, 3.8) is 0 Å². The lowest BCUT2D eigenvalue weighted by atomic mass is 9.79. The number of likely N-dealkylation sites (tertiary alicyclic amines) is 1. The molecule has 1 saturated carbocycles. The van der Waals surface area contributed by atoms with Crippen LogP contribution in [0.15, 0.2) is 22.5 Å². The van der Waals surface area contributed by atoms with Crippen molar-refractivity contribution in [2.75, 3.05) is 39.4 Å². The average Bonchev–Trinajstić information content (AvgIpc) is 3.37. The number of benzene rings is 1. The van der Waals surface area contributed by atoms with Gasteiger partial charge in [0.1, 0.15) is 11.4 Å². The van der Waals surface area contributed by atoms with E-state index in [-0.39, 0.29) is 37.6 Å². The Kier molecular flexibility index (Phi) is 11.4. The van der Waals surface area contributed by atoms with E-state index in [1.165, 1.54) is 41.8 Å². The summed E-state index contributed by atoms with van der Waals surface area (Å²) in [5, 5.41) is 13.3. The van der Waals surface area contributed by atoms with Gasteiger partial charge in [0.25, 0.3) is 11.8 Å². The van der Waals surface area contributed by atoms with Crippen LogP contribution in [0.4, 0.5) is 0 Å². The number of aryl methyl sites for hydroxylation is 2. The molecule has 46 heavy (non-hydrogen) atoms. The second kappa shape index (κ2) is 15.1. The Hall–Kier alpha value is -2.60. The summed E-state index contributed by atoms with van der Waals surface area (Å²) >= 11 is 0. The molecular formula is C35H52N4O6S. The minimum Gasteiger partial charge on any atom is -0.394 e. The van der Waals surface area contributed by atoms with Gasteiger partial charge in [0.2, 0.25) is 10.0 Å². The Balaban J connectivity index is 1.17. The zero-order chi connectivity index (χ0) is 32.9. The fourth-order valence-corrected chi connectivity index (χ4v) is 8.80. The number of ether oxygens (including phenoxy) is 1. The van der Waals surface area contributed by atoms with Crippen LogP contribution in [0.1, 0.15) is 105 Å². The number of aliphatic hydroxyl groups excluding tert-OH is 1. The summed E-state index contributed by atoms with van der Waals surface area (Å²) in [5.74, 6) is 1.77. The van der Waals surface area contributed by atoms with Gasteiger partial charge in [-0.25, -0.2) is 8.42 Å². The van der Waals surface area contributed by atoms with Crippen molar-refractivity contribution in [1.29, 1.82) is 0 Å². The molecule has 0 aromatic heterocycles. The van der Waals surface area contributed by atoms with Crippen molar-refractivity contribution in [1.82, 2.24) is 14.5 Å². The highest BCUT2D eigenvalue weighted by Crippen LogP contribution is 2.37. The maximum Gasteiger partial charge on any atom is 0.253 e. The van der Waals surface area contributed by atoms with E-state index in [2.05, 4.69) is 12.2 Å². The lowest BCUT2D eigenvalue weighted by molar-refractivity contribution is -0.125. The molecule has 254 valence electrons. The first kappa shape index (κ1) is 34.7. The molecule has 2 N–H and O–H groups in total. The summed E-state index contributed by atoms with van der Waals surface area (Å²) < 4.78 is 33.8. The maximum atomic E-state index is 13.4. The van der Waals surface area contributed by atoms with Crippen molar-refractivity contribution < 1.29 is 27.9 Å². The average molecular weight is 657 g/mol. The second-order valence-corrected chi connectivity index (χ2v) is 15.5. The molecule has 2 amide bonds. The summed E-state index contributed by atoms with van der Waals surface area (Å²) in [6.45, 7) is 8.00. The van der Waals surface area contributed by atoms with Gasteiger partial charge in [-0.05, 0) is 106 Å². The van der Waals surface area contributed by atoms with E-state index in [9.17, 15) is 18.0 Å². The lowest BCUT2D eigenvalue weighted by Gasteiger charge is -2.34. The third kappa shape index (κ3) is 7.91. The van der Waals surface area contributed by atoms with Crippen molar-refractivity contribution in [3.05, 3.63) is 39.8 Å². The van der Waals surface area contributed by atoms with E-state index in [1.54, 1.807) is 6.08 Å². The van der Waals surface area contributed by atoms with Crippen LogP contribution in [0.5, 0.6) is 0 Å². The number of nitrogens with zero attached hydrogens (tertiary/aromatic N) is 3. The van der Waals surface area contributed by atoms with Gasteiger partial charge in [0.15, 0.2) is 0 Å². The first-order valence-corrected chi connectivity index (χ1v) is 18.8. The zero-order valence-electron chi connectivity index (χ0n) is 27.8.